The molecule has 0 atom stereocenters. The molecule has 0 bridgehead atoms. The molecule has 0 saturated carbocycles. The molecule has 0 aliphatic rings. The van der Waals surface area contributed by atoms with Crippen molar-refractivity contribution in [1.29, 1.82) is 0 Å². The van der Waals surface area contributed by atoms with Crippen molar-refractivity contribution in [2.75, 3.05) is 4.72 Å². The summed E-state index contributed by atoms with van der Waals surface area (Å²) in [6, 6.07) is 7.55. The summed E-state index contributed by atoms with van der Waals surface area (Å²) in [6.07, 6.45) is 1.56. The molecule has 0 spiro atoms. The van der Waals surface area contributed by atoms with Crippen LogP contribution in [0.4, 0.5) is 5.82 Å². The number of fused-ring (bicyclic) bond motifs is 1. The molecule has 0 unspecified atom stereocenters. The molecule has 6 nitrogen and oxygen atoms in total. The van der Waals surface area contributed by atoms with Crippen molar-refractivity contribution in [3.8, 4) is 0 Å². The van der Waals surface area contributed by atoms with Crippen LogP contribution >= 0.6 is 23.2 Å². The fourth-order valence-electron chi connectivity index (χ4n) is 1.99. The number of halogens is 2. The minimum Gasteiger partial charge on any atom is -0.334 e. The summed E-state index contributed by atoms with van der Waals surface area (Å²) in [5.41, 5.74) is 1.08. The van der Waals surface area contributed by atoms with Crippen molar-refractivity contribution in [3.05, 3.63) is 46.8 Å². The highest BCUT2D eigenvalue weighted by molar-refractivity contribution is 7.92. The van der Waals surface area contributed by atoms with E-state index < -0.39 is 10.0 Å². The zero-order valence-corrected chi connectivity index (χ0v) is 13.6. The molecule has 0 saturated heterocycles. The van der Waals surface area contributed by atoms with Gasteiger partial charge in [-0.05, 0) is 18.2 Å². The molecule has 0 aliphatic carbocycles. The van der Waals surface area contributed by atoms with Crippen molar-refractivity contribution < 1.29 is 8.42 Å². The number of benzene rings is 1. The second-order valence-electron chi connectivity index (χ2n) is 4.58. The minimum atomic E-state index is -3.84. The Balaban J connectivity index is 2.10. The van der Waals surface area contributed by atoms with Gasteiger partial charge in [-0.2, -0.15) is 0 Å². The van der Waals surface area contributed by atoms with Crippen molar-refractivity contribution in [3.63, 3.8) is 0 Å². The highest BCUT2D eigenvalue weighted by atomic mass is 35.5. The summed E-state index contributed by atoms with van der Waals surface area (Å²) in [5.74, 6) is 0.0723. The lowest BCUT2D eigenvalue weighted by Gasteiger charge is -2.09. The third kappa shape index (κ3) is 2.75. The first-order valence-electron chi connectivity index (χ1n) is 6.13. The smallest absolute Gasteiger partial charge is 0.263 e. The lowest BCUT2D eigenvalue weighted by Crippen LogP contribution is -2.14. The lowest BCUT2D eigenvalue weighted by molar-refractivity contribution is 0.601. The first-order valence-corrected chi connectivity index (χ1v) is 8.37. The van der Waals surface area contributed by atoms with Gasteiger partial charge in [0.25, 0.3) is 10.0 Å². The van der Waals surface area contributed by atoms with Gasteiger partial charge in [0.15, 0.2) is 5.82 Å². The van der Waals surface area contributed by atoms with E-state index in [4.69, 9.17) is 23.2 Å². The van der Waals surface area contributed by atoms with Crippen molar-refractivity contribution in [2.24, 2.45) is 7.05 Å². The SMILES string of the molecule is Cn1cnc2c(NS(=O)(=O)c3cccc(Cl)c3)nc(Cl)cc21. The van der Waals surface area contributed by atoms with Crippen LogP contribution in [0.1, 0.15) is 0 Å². The van der Waals surface area contributed by atoms with E-state index in [1.54, 1.807) is 36.1 Å². The van der Waals surface area contributed by atoms with Crippen LogP contribution < -0.4 is 4.72 Å². The number of aryl methyl sites for hydroxylation is 1. The highest BCUT2D eigenvalue weighted by Crippen LogP contribution is 2.26. The second-order valence-corrected chi connectivity index (χ2v) is 7.09. The fourth-order valence-corrected chi connectivity index (χ4v) is 3.49. The molecule has 1 N–H and O–H groups in total. The minimum absolute atomic E-state index is 0.0332. The van der Waals surface area contributed by atoms with Gasteiger partial charge in [0, 0.05) is 18.1 Å². The van der Waals surface area contributed by atoms with Crippen LogP contribution in [0, 0.1) is 0 Å². The average Bonchev–Trinajstić information content (AvgIpc) is 2.80. The summed E-state index contributed by atoms with van der Waals surface area (Å²) in [6.45, 7) is 0. The zero-order chi connectivity index (χ0) is 15.9. The predicted molar refractivity (Wildman–Crippen MR) is 85.8 cm³/mol. The van der Waals surface area contributed by atoms with Gasteiger partial charge in [0.2, 0.25) is 0 Å². The number of hydrogen-bond donors (Lipinski definition) is 1. The first kappa shape index (κ1) is 15.1. The number of nitrogens with one attached hydrogen (secondary N) is 1. The molecular weight excluding hydrogens is 347 g/mol. The molecule has 0 radical (unpaired) electrons. The van der Waals surface area contributed by atoms with Crippen LogP contribution in [0.15, 0.2) is 41.6 Å². The standard InChI is InChI=1S/C13H10Cl2N4O2S/c1-19-7-16-12-10(19)6-11(15)17-13(12)18-22(20,21)9-4-2-3-8(14)5-9/h2-7H,1H3,(H,17,18). The highest BCUT2D eigenvalue weighted by Gasteiger charge is 2.19. The quantitative estimate of drug-likeness (QED) is 0.731. The van der Waals surface area contributed by atoms with Crippen LogP contribution in [0.2, 0.25) is 10.2 Å². The number of nitrogens with zero attached hydrogens (tertiary/aromatic N) is 3. The van der Waals surface area contributed by atoms with Gasteiger partial charge in [-0.3, -0.25) is 4.72 Å². The molecule has 0 aliphatic heterocycles. The molecule has 0 fully saturated rings. The van der Waals surface area contributed by atoms with Gasteiger partial charge in [0.1, 0.15) is 10.7 Å². The Morgan fingerprint density at radius 1 is 1.23 bits per heavy atom. The summed E-state index contributed by atoms with van der Waals surface area (Å²) in [4.78, 5) is 8.19. The maximum absolute atomic E-state index is 12.4. The fraction of sp³-hybridized carbons (Fsp3) is 0.0769. The van der Waals surface area contributed by atoms with Gasteiger partial charge in [0.05, 0.1) is 16.7 Å². The van der Waals surface area contributed by atoms with E-state index in [0.717, 1.165) is 0 Å². The molecule has 3 rings (SSSR count). The zero-order valence-electron chi connectivity index (χ0n) is 11.3. The second kappa shape index (κ2) is 5.42. The largest absolute Gasteiger partial charge is 0.334 e. The van der Waals surface area contributed by atoms with E-state index in [-0.39, 0.29) is 15.9 Å². The molecule has 2 heterocycles. The number of rotatable bonds is 3. The third-order valence-corrected chi connectivity index (χ3v) is 4.78. The van der Waals surface area contributed by atoms with Crippen LogP contribution in [-0.2, 0) is 17.1 Å². The molecule has 0 amide bonds. The van der Waals surface area contributed by atoms with E-state index >= 15 is 0 Å². The number of aromatic nitrogens is 3. The van der Waals surface area contributed by atoms with Crippen molar-refractivity contribution >= 4 is 50.1 Å². The summed E-state index contributed by atoms with van der Waals surface area (Å²) in [7, 11) is -2.06. The number of pyridine rings is 1. The molecule has 9 heteroatoms. The van der Waals surface area contributed by atoms with E-state index in [2.05, 4.69) is 14.7 Å². The average molecular weight is 357 g/mol. The Hall–Kier alpha value is -1.83. The number of hydrogen-bond acceptors (Lipinski definition) is 4. The molecule has 22 heavy (non-hydrogen) atoms. The maximum atomic E-state index is 12.4. The van der Waals surface area contributed by atoms with Gasteiger partial charge >= 0.3 is 0 Å². The molecule has 114 valence electrons. The van der Waals surface area contributed by atoms with Gasteiger partial charge in [-0.15, -0.1) is 0 Å². The lowest BCUT2D eigenvalue weighted by atomic mass is 10.4. The molecular formula is C13H10Cl2N4O2S. The Morgan fingerprint density at radius 2 is 2.00 bits per heavy atom. The summed E-state index contributed by atoms with van der Waals surface area (Å²) >= 11 is 11.8. The molecule has 1 aromatic carbocycles. The van der Waals surface area contributed by atoms with Crippen molar-refractivity contribution in [2.45, 2.75) is 4.90 Å². The van der Waals surface area contributed by atoms with Crippen LogP contribution in [-0.4, -0.2) is 23.0 Å². The topological polar surface area (TPSA) is 76.9 Å². The van der Waals surface area contributed by atoms with Gasteiger partial charge < -0.3 is 4.57 Å². The summed E-state index contributed by atoms with van der Waals surface area (Å²) in [5, 5.41) is 0.491. The third-order valence-electron chi connectivity index (χ3n) is 3.02. The van der Waals surface area contributed by atoms with Crippen LogP contribution in [0.5, 0.6) is 0 Å². The Morgan fingerprint density at radius 3 is 2.73 bits per heavy atom. The van der Waals surface area contributed by atoms with Crippen molar-refractivity contribution in [1.82, 2.24) is 14.5 Å². The van der Waals surface area contributed by atoms with E-state index in [9.17, 15) is 8.42 Å². The summed E-state index contributed by atoms with van der Waals surface area (Å²) < 4.78 is 29.0. The normalized spacial score (nSPS) is 11.8. The van der Waals surface area contributed by atoms with Gasteiger partial charge in [-0.25, -0.2) is 18.4 Å². The number of anilines is 1. The first-order chi connectivity index (χ1) is 10.4. The molecule has 3 aromatic rings. The maximum Gasteiger partial charge on any atom is 0.263 e. The van der Waals surface area contributed by atoms with Gasteiger partial charge in [-0.1, -0.05) is 29.3 Å². The van der Waals surface area contributed by atoms with E-state index in [1.165, 1.54) is 12.1 Å². The van der Waals surface area contributed by atoms with Crippen LogP contribution in [0.3, 0.4) is 0 Å². The van der Waals surface area contributed by atoms with E-state index in [1.807, 2.05) is 0 Å². The Kier molecular flexibility index (Phi) is 3.72. The Labute approximate surface area is 136 Å². The monoisotopic (exact) mass is 356 g/mol. The van der Waals surface area contributed by atoms with Crippen LogP contribution in [0.25, 0.3) is 11.0 Å². The molecule has 2 aromatic heterocycles. The predicted octanol–water partition coefficient (Wildman–Crippen LogP) is 3.08. The number of sulfonamides is 1. The Bertz CT molecular complexity index is 969. The van der Waals surface area contributed by atoms with E-state index in [0.29, 0.717) is 16.1 Å². The number of imidazole rings is 1.